The standard InChI is InChI=1S/C16H22N2O2S/c1-6-20-13-9-11(7-8-12(13)19-5)15-18-10(2)14(21-15)16(3,4)17/h7-9H,6,17H2,1-5H3. The zero-order chi connectivity index (χ0) is 15.6. The van der Waals surface area contributed by atoms with Gasteiger partial charge in [-0.25, -0.2) is 4.98 Å². The molecule has 2 rings (SSSR count). The van der Waals surface area contributed by atoms with Crippen molar-refractivity contribution in [3.05, 3.63) is 28.8 Å². The first-order valence-electron chi connectivity index (χ1n) is 6.94. The van der Waals surface area contributed by atoms with Gasteiger partial charge in [0.05, 0.1) is 19.4 Å². The molecular weight excluding hydrogens is 284 g/mol. The summed E-state index contributed by atoms with van der Waals surface area (Å²) in [7, 11) is 1.64. The average molecular weight is 306 g/mol. The number of rotatable bonds is 5. The molecule has 0 saturated carbocycles. The third kappa shape index (κ3) is 3.36. The van der Waals surface area contributed by atoms with E-state index in [2.05, 4.69) is 4.98 Å². The Bertz CT molecular complexity index is 630. The molecule has 1 aromatic carbocycles. The van der Waals surface area contributed by atoms with E-state index in [1.807, 2.05) is 45.9 Å². The second-order valence-corrected chi connectivity index (χ2v) is 6.45. The molecule has 0 aliphatic heterocycles. The summed E-state index contributed by atoms with van der Waals surface area (Å²) >= 11 is 1.63. The van der Waals surface area contributed by atoms with Crippen LogP contribution in [0.15, 0.2) is 18.2 Å². The van der Waals surface area contributed by atoms with Gasteiger partial charge in [-0.05, 0) is 45.9 Å². The third-order valence-corrected chi connectivity index (χ3v) is 4.64. The molecule has 0 bridgehead atoms. The van der Waals surface area contributed by atoms with Gasteiger partial charge in [-0.3, -0.25) is 0 Å². The van der Waals surface area contributed by atoms with Crippen molar-refractivity contribution < 1.29 is 9.47 Å². The highest BCUT2D eigenvalue weighted by Gasteiger charge is 2.22. The maximum Gasteiger partial charge on any atom is 0.161 e. The van der Waals surface area contributed by atoms with Crippen LogP contribution in [-0.4, -0.2) is 18.7 Å². The number of thiazole rings is 1. The largest absolute Gasteiger partial charge is 0.493 e. The Morgan fingerprint density at radius 1 is 1.29 bits per heavy atom. The lowest BCUT2D eigenvalue weighted by atomic mass is 10.0. The fraction of sp³-hybridized carbons (Fsp3) is 0.438. The van der Waals surface area contributed by atoms with Crippen LogP contribution >= 0.6 is 11.3 Å². The highest BCUT2D eigenvalue weighted by molar-refractivity contribution is 7.15. The van der Waals surface area contributed by atoms with E-state index in [-0.39, 0.29) is 5.54 Å². The van der Waals surface area contributed by atoms with E-state index >= 15 is 0 Å². The van der Waals surface area contributed by atoms with Crippen molar-refractivity contribution in [2.45, 2.75) is 33.2 Å². The van der Waals surface area contributed by atoms with Crippen molar-refractivity contribution in [3.63, 3.8) is 0 Å². The molecule has 21 heavy (non-hydrogen) atoms. The molecular formula is C16H22N2O2S. The lowest BCUT2D eigenvalue weighted by molar-refractivity contribution is 0.311. The Hall–Kier alpha value is -1.59. The molecule has 0 fully saturated rings. The van der Waals surface area contributed by atoms with E-state index in [0.717, 1.165) is 32.6 Å². The van der Waals surface area contributed by atoms with Gasteiger partial charge in [0.15, 0.2) is 11.5 Å². The van der Waals surface area contributed by atoms with Crippen LogP contribution in [0.1, 0.15) is 31.3 Å². The maximum atomic E-state index is 6.20. The van der Waals surface area contributed by atoms with Crippen molar-refractivity contribution in [1.29, 1.82) is 0 Å². The molecule has 5 heteroatoms. The van der Waals surface area contributed by atoms with E-state index < -0.39 is 0 Å². The number of benzene rings is 1. The van der Waals surface area contributed by atoms with E-state index in [0.29, 0.717) is 6.61 Å². The summed E-state index contributed by atoms with van der Waals surface area (Å²) in [4.78, 5) is 5.75. The first-order valence-corrected chi connectivity index (χ1v) is 7.76. The number of hydrogen-bond donors (Lipinski definition) is 1. The van der Waals surface area contributed by atoms with Crippen molar-refractivity contribution >= 4 is 11.3 Å². The van der Waals surface area contributed by atoms with Crippen molar-refractivity contribution in [2.75, 3.05) is 13.7 Å². The lowest BCUT2D eigenvalue weighted by Gasteiger charge is -2.16. The van der Waals surface area contributed by atoms with E-state index in [9.17, 15) is 0 Å². The average Bonchev–Trinajstić information content (AvgIpc) is 2.81. The predicted octanol–water partition coefficient (Wildman–Crippen LogP) is 3.72. The van der Waals surface area contributed by atoms with Gasteiger partial charge in [0, 0.05) is 16.0 Å². The second kappa shape index (κ2) is 6.03. The molecule has 2 aromatic rings. The molecule has 0 saturated heterocycles. The predicted molar refractivity (Wildman–Crippen MR) is 87.2 cm³/mol. The Kier molecular flexibility index (Phi) is 4.54. The Morgan fingerprint density at radius 3 is 2.52 bits per heavy atom. The molecule has 0 spiro atoms. The number of nitrogens with zero attached hydrogens (tertiary/aromatic N) is 1. The lowest BCUT2D eigenvalue weighted by Crippen LogP contribution is -2.28. The third-order valence-electron chi connectivity index (χ3n) is 3.09. The van der Waals surface area contributed by atoms with Crippen LogP contribution < -0.4 is 15.2 Å². The minimum atomic E-state index is -0.380. The smallest absolute Gasteiger partial charge is 0.161 e. The van der Waals surface area contributed by atoms with Crippen molar-refractivity contribution in [3.8, 4) is 22.1 Å². The molecule has 0 amide bonds. The molecule has 1 aromatic heterocycles. The second-order valence-electron chi connectivity index (χ2n) is 5.45. The van der Waals surface area contributed by atoms with Crippen LogP contribution in [0.2, 0.25) is 0 Å². The summed E-state index contributed by atoms with van der Waals surface area (Å²) in [5.74, 6) is 1.46. The minimum Gasteiger partial charge on any atom is -0.493 e. The summed E-state index contributed by atoms with van der Waals surface area (Å²) in [6.07, 6.45) is 0. The number of aromatic nitrogens is 1. The molecule has 0 aliphatic rings. The number of ether oxygens (including phenoxy) is 2. The number of aryl methyl sites for hydroxylation is 1. The first kappa shape index (κ1) is 15.8. The summed E-state index contributed by atoms with van der Waals surface area (Å²) < 4.78 is 10.9. The molecule has 1 heterocycles. The Morgan fingerprint density at radius 2 is 2.00 bits per heavy atom. The number of hydrogen-bond acceptors (Lipinski definition) is 5. The van der Waals surface area contributed by atoms with Gasteiger partial charge in [-0.1, -0.05) is 0 Å². The topological polar surface area (TPSA) is 57.4 Å². The summed E-state index contributed by atoms with van der Waals surface area (Å²) in [5, 5.41) is 0.949. The zero-order valence-corrected chi connectivity index (χ0v) is 14.0. The van der Waals surface area contributed by atoms with Gasteiger partial charge in [0.2, 0.25) is 0 Å². The maximum absolute atomic E-state index is 6.20. The van der Waals surface area contributed by atoms with Crippen LogP contribution in [0.3, 0.4) is 0 Å². The van der Waals surface area contributed by atoms with Crippen molar-refractivity contribution in [1.82, 2.24) is 4.98 Å². The summed E-state index contributed by atoms with van der Waals surface area (Å²) in [6.45, 7) is 8.54. The van der Waals surface area contributed by atoms with Crippen LogP contribution in [0.25, 0.3) is 10.6 Å². The molecule has 0 atom stereocenters. The van der Waals surface area contributed by atoms with Gasteiger partial charge in [0.25, 0.3) is 0 Å². The summed E-state index contributed by atoms with van der Waals surface area (Å²) in [5.41, 5.74) is 7.82. The van der Waals surface area contributed by atoms with E-state index in [1.54, 1.807) is 18.4 Å². The minimum absolute atomic E-state index is 0.380. The van der Waals surface area contributed by atoms with E-state index in [4.69, 9.17) is 15.2 Å². The SMILES string of the molecule is CCOc1cc(-c2nc(C)c(C(C)(C)N)s2)ccc1OC. The monoisotopic (exact) mass is 306 g/mol. The Balaban J connectivity index is 2.45. The fourth-order valence-corrected chi connectivity index (χ4v) is 3.27. The van der Waals surface area contributed by atoms with Crippen LogP contribution in [0.4, 0.5) is 0 Å². The van der Waals surface area contributed by atoms with Crippen LogP contribution in [0.5, 0.6) is 11.5 Å². The number of methoxy groups -OCH3 is 1. The summed E-state index contributed by atoms with van der Waals surface area (Å²) in [6, 6.07) is 5.87. The van der Waals surface area contributed by atoms with Gasteiger partial charge in [0.1, 0.15) is 5.01 Å². The molecule has 4 nitrogen and oxygen atoms in total. The van der Waals surface area contributed by atoms with Gasteiger partial charge in [-0.15, -0.1) is 11.3 Å². The van der Waals surface area contributed by atoms with Crippen LogP contribution in [-0.2, 0) is 5.54 Å². The zero-order valence-electron chi connectivity index (χ0n) is 13.2. The van der Waals surface area contributed by atoms with Gasteiger partial charge >= 0.3 is 0 Å². The van der Waals surface area contributed by atoms with Crippen LogP contribution in [0, 0.1) is 6.92 Å². The normalized spacial score (nSPS) is 11.5. The molecule has 114 valence electrons. The highest BCUT2D eigenvalue weighted by atomic mass is 32.1. The Labute approximate surface area is 129 Å². The fourth-order valence-electron chi connectivity index (χ4n) is 2.20. The van der Waals surface area contributed by atoms with E-state index in [1.165, 1.54) is 0 Å². The number of nitrogens with two attached hydrogens (primary N) is 1. The highest BCUT2D eigenvalue weighted by Crippen LogP contribution is 2.37. The van der Waals surface area contributed by atoms with Gasteiger partial charge < -0.3 is 15.2 Å². The molecule has 0 unspecified atom stereocenters. The van der Waals surface area contributed by atoms with Gasteiger partial charge in [-0.2, -0.15) is 0 Å². The first-order chi connectivity index (χ1) is 9.86. The quantitative estimate of drug-likeness (QED) is 0.914. The molecule has 2 N–H and O–H groups in total. The molecule has 0 aliphatic carbocycles. The molecule has 0 radical (unpaired) electrons. The van der Waals surface area contributed by atoms with Crippen molar-refractivity contribution in [2.24, 2.45) is 5.73 Å².